The average molecular weight is 383 g/mol. The van der Waals surface area contributed by atoms with Crippen LogP contribution in [0.15, 0.2) is 36.7 Å². The van der Waals surface area contributed by atoms with E-state index >= 15 is 0 Å². The van der Waals surface area contributed by atoms with E-state index in [1.54, 1.807) is 6.20 Å². The Morgan fingerprint density at radius 3 is 2.68 bits per heavy atom. The van der Waals surface area contributed by atoms with Gasteiger partial charge in [0.05, 0.1) is 37.1 Å². The van der Waals surface area contributed by atoms with Crippen molar-refractivity contribution < 1.29 is 9.53 Å². The van der Waals surface area contributed by atoms with Crippen molar-refractivity contribution in [2.75, 3.05) is 38.2 Å². The summed E-state index contributed by atoms with van der Waals surface area (Å²) in [5.41, 5.74) is 2.73. The fourth-order valence-electron chi connectivity index (χ4n) is 4.58. The van der Waals surface area contributed by atoms with E-state index in [2.05, 4.69) is 34.4 Å². The summed E-state index contributed by atoms with van der Waals surface area (Å²) in [6.07, 6.45) is 7.72. The highest BCUT2D eigenvalue weighted by Gasteiger charge is 2.43. The zero-order valence-electron chi connectivity index (χ0n) is 16.7. The highest BCUT2D eigenvalue weighted by atomic mass is 16.5. The topological polar surface area (TPSA) is 59.4 Å². The van der Waals surface area contributed by atoms with Crippen molar-refractivity contribution >= 4 is 11.6 Å². The van der Waals surface area contributed by atoms with Gasteiger partial charge in [0.1, 0.15) is 0 Å². The smallest absolute Gasteiger partial charge is 0.235 e. The van der Waals surface area contributed by atoms with Crippen LogP contribution in [0.2, 0.25) is 0 Å². The maximum Gasteiger partial charge on any atom is 0.235 e. The number of ether oxygens (including phenoxy) is 1. The van der Waals surface area contributed by atoms with Gasteiger partial charge in [-0.3, -0.25) is 14.4 Å². The van der Waals surface area contributed by atoms with Gasteiger partial charge in [-0.2, -0.15) is 5.10 Å². The Kier molecular flexibility index (Phi) is 5.78. The van der Waals surface area contributed by atoms with E-state index < -0.39 is 5.41 Å². The summed E-state index contributed by atoms with van der Waals surface area (Å²) in [7, 11) is 0. The lowest BCUT2D eigenvalue weighted by atomic mass is 9.76. The van der Waals surface area contributed by atoms with Crippen molar-refractivity contribution in [3.8, 4) is 0 Å². The van der Waals surface area contributed by atoms with Gasteiger partial charge in [0.15, 0.2) is 0 Å². The molecule has 0 atom stereocenters. The molecule has 1 aromatic heterocycles. The molecule has 1 saturated heterocycles. The molecule has 1 N–H and O–H groups in total. The van der Waals surface area contributed by atoms with Crippen molar-refractivity contribution in [1.29, 1.82) is 0 Å². The molecule has 2 aliphatic rings. The number of carbonyl (C=O) groups excluding carboxylic acids is 1. The number of benzene rings is 1. The van der Waals surface area contributed by atoms with E-state index in [9.17, 15) is 4.79 Å². The molecule has 2 fully saturated rings. The highest BCUT2D eigenvalue weighted by molar-refractivity contribution is 5.99. The van der Waals surface area contributed by atoms with Crippen molar-refractivity contribution in [3.63, 3.8) is 0 Å². The van der Waals surface area contributed by atoms with E-state index in [1.165, 1.54) is 11.1 Å². The number of aryl methyl sites for hydroxylation is 1. The monoisotopic (exact) mass is 382 g/mol. The standard InChI is InChI=1S/C22H30N4O2/c1-18-6-2-3-7-20(18)22(8-4-5-9-22)21(27)24-19-16-23-26(17-19)11-10-25-12-14-28-15-13-25/h2-3,6-7,16-17H,4-5,8-15H2,1H3,(H,24,27). The number of morpholine rings is 1. The van der Waals surface area contributed by atoms with Crippen molar-refractivity contribution in [2.45, 2.75) is 44.6 Å². The minimum absolute atomic E-state index is 0.104. The van der Waals surface area contributed by atoms with Crippen LogP contribution in [0, 0.1) is 6.92 Å². The first kappa shape index (κ1) is 19.2. The lowest BCUT2D eigenvalue weighted by Gasteiger charge is -2.29. The summed E-state index contributed by atoms with van der Waals surface area (Å²) in [6, 6.07) is 8.30. The second-order valence-electron chi connectivity index (χ2n) is 8.00. The van der Waals surface area contributed by atoms with Crippen LogP contribution >= 0.6 is 0 Å². The van der Waals surface area contributed by atoms with E-state index in [1.807, 2.05) is 23.0 Å². The first-order valence-electron chi connectivity index (χ1n) is 10.4. The summed E-state index contributed by atoms with van der Waals surface area (Å²) in [6.45, 7) is 7.44. The van der Waals surface area contributed by atoms with Crippen molar-refractivity contribution in [1.82, 2.24) is 14.7 Å². The lowest BCUT2D eigenvalue weighted by Crippen LogP contribution is -2.38. The summed E-state index contributed by atoms with van der Waals surface area (Å²) in [5.74, 6) is 0.104. The number of nitrogens with zero attached hydrogens (tertiary/aromatic N) is 3. The Balaban J connectivity index is 1.42. The second-order valence-corrected chi connectivity index (χ2v) is 8.00. The quantitative estimate of drug-likeness (QED) is 0.834. The highest BCUT2D eigenvalue weighted by Crippen LogP contribution is 2.43. The van der Waals surface area contributed by atoms with Crippen LogP contribution in [0.1, 0.15) is 36.8 Å². The van der Waals surface area contributed by atoms with Crippen LogP contribution in [0.4, 0.5) is 5.69 Å². The Hall–Kier alpha value is -2.18. The molecule has 6 nitrogen and oxygen atoms in total. The average Bonchev–Trinajstić information content (AvgIpc) is 3.38. The molecule has 1 saturated carbocycles. The third-order valence-corrected chi connectivity index (χ3v) is 6.19. The van der Waals surface area contributed by atoms with Crippen LogP contribution in [-0.4, -0.2) is 53.4 Å². The number of aromatic nitrogens is 2. The molecular weight excluding hydrogens is 352 g/mol. The van der Waals surface area contributed by atoms with E-state index in [-0.39, 0.29) is 5.91 Å². The third kappa shape index (κ3) is 3.98. The lowest BCUT2D eigenvalue weighted by molar-refractivity contribution is -0.121. The molecule has 6 heteroatoms. The van der Waals surface area contributed by atoms with Gasteiger partial charge in [0, 0.05) is 25.8 Å². The zero-order valence-corrected chi connectivity index (χ0v) is 16.7. The number of rotatable bonds is 6. The molecule has 2 heterocycles. The van der Waals surface area contributed by atoms with Crippen LogP contribution < -0.4 is 5.32 Å². The Morgan fingerprint density at radius 2 is 1.93 bits per heavy atom. The van der Waals surface area contributed by atoms with Crippen LogP contribution in [0.25, 0.3) is 0 Å². The number of nitrogens with one attached hydrogen (secondary N) is 1. The number of hydrogen-bond donors (Lipinski definition) is 1. The molecule has 1 amide bonds. The summed E-state index contributed by atoms with van der Waals surface area (Å²) in [5, 5.41) is 7.59. The van der Waals surface area contributed by atoms with Gasteiger partial charge in [0.25, 0.3) is 0 Å². The van der Waals surface area contributed by atoms with Crippen molar-refractivity contribution in [2.24, 2.45) is 0 Å². The molecule has 28 heavy (non-hydrogen) atoms. The molecule has 1 aliphatic heterocycles. The third-order valence-electron chi connectivity index (χ3n) is 6.19. The SMILES string of the molecule is Cc1ccccc1C1(C(=O)Nc2cnn(CCN3CCOCC3)c2)CCCC1. The molecular formula is C22H30N4O2. The van der Waals surface area contributed by atoms with Gasteiger partial charge >= 0.3 is 0 Å². The zero-order chi connectivity index (χ0) is 19.4. The van der Waals surface area contributed by atoms with Crippen molar-refractivity contribution in [3.05, 3.63) is 47.8 Å². The first-order chi connectivity index (χ1) is 13.7. The Labute approximate surface area is 166 Å². The summed E-state index contributed by atoms with van der Waals surface area (Å²) >= 11 is 0. The summed E-state index contributed by atoms with van der Waals surface area (Å²) < 4.78 is 7.31. The van der Waals surface area contributed by atoms with Gasteiger partial charge in [0.2, 0.25) is 5.91 Å². The largest absolute Gasteiger partial charge is 0.379 e. The maximum atomic E-state index is 13.3. The van der Waals surface area contributed by atoms with Gasteiger partial charge in [-0.1, -0.05) is 37.1 Å². The summed E-state index contributed by atoms with van der Waals surface area (Å²) in [4.78, 5) is 15.7. The van der Waals surface area contributed by atoms with Crippen LogP contribution in [-0.2, 0) is 21.5 Å². The molecule has 1 aliphatic carbocycles. The second kappa shape index (κ2) is 8.45. The van der Waals surface area contributed by atoms with E-state index in [0.717, 1.165) is 70.8 Å². The molecule has 0 bridgehead atoms. The van der Waals surface area contributed by atoms with Gasteiger partial charge in [-0.05, 0) is 30.9 Å². The number of carbonyl (C=O) groups is 1. The number of hydrogen-bond acceptors (Lipinski definition) is 4. The molecule has 2 aromatic rings. The fourth-order valence-corrected chi connectivity index (χ4v) is 4.58. The Morgan fingerprint density at radius 1 is 1.18 bits per heavy atom. The number of anilines is 1. The number of amides is 1. The molecule has 0 spiro atoms. The Bertz CT molecular complexity index is 804. The van der Waals surface area contributed by atoms with Crippen LogP contribution in [0.3, 0.4) is 0 Å². The first-order valence-corrected chi connectivity index (χ1v) is 10.4. The van der Waals surface area contributed by atoms with Gasteiger partial charge < -0.3 is 10.1 Å². The van der Waals surface area contributed by atoms with Gasteiger partial charge in [-0.25, -0.2) is 0 Å². The molecule has 150 valence electrons. The molecule has 1 aromatic carbocycles. The molecule has 4 rings (SSSR count). The molecule has 0 radical (unpaired) electrons. The normalized spacial score (nSPS) is 19.6. The fraction of sp³-hybridized carbons (Fsp3) is 0.545. The minimum atomic E-state index is -0.415. The molecule has 0 unspecified atom stereocenters. The van der Waals surface area contributed by atoms with E-state index in [4.69, 9.17) is 4.74 Å². The van der Waals surface area contributed by atoms with Gasteiger partial charge in [-0.15, -0.1) is 0 Å². The predicted molar refractivity (Wildman–Crippen MR) is 109 cm³/mol. The predicted octanol–water partition coefficient (Wildman–Crippen LogP) is 2.97. The maximum absolute atomic E-state index is 13.3. The van der Waals surface area contributed by atoms with Crippen LogP contribution in [0.5, 0.6) is 0 Å². The minimum Gasteiger partial charge on any atom is -0.379 e. The van der Waals surface area contributed by atoms with E-state index in [0.29, 0.717) is 0 Å².